The smallest absolute Gasteiger partial charge is 0.234 e. The molecule has 2 aliphatic rings. The number of piperidine rings is 1. The molecule has 134 valence electrons. The summed E-state index contributed by atoms with van der Waals surface area (Å²) in [7, 11) is 2.08. The first-order chi connectivity index (χ1) is 10.3. The summed E-state index contributed by atoms with van der Waals surface area (Å²) in [5, 5.41) is 6.50. The fraction of sp³-hybridized carbons (Fsp3) is 0.875. The number of hydrogen-bond donors (Lipinski definition) is 2. The average Bonchev–Trinajstić information content (AvgIpc) is 2.81. The van der Waals surface area contributed by atoms with Crippen molar-refractivity contribution in [2.45, 2.75) is 39.2 Å². The molecule has 7 heteroatoms. The Morgan fingerprint density at radius 1 is 1.26 bits per heavy atom. The lowest BCUT2D eigenvalue weighted by molar-refractivity contribution is -0.124. The van der Waals surface area contributed by atoms with Crippen LogP contribution in [0.25, 0.3) is 0 Å². The Labute approximate surface area is 157 Å². The molecule has 0 bridgehead atoms. The van der Waals surface area contributed by atoms with Crippen LogP contribution in [0.15, 0.2) is 4.99 Å². The highest BCUT2D eigenvalue weighted by Crippen LogP contribution is 2.16. The van der Waals surface area contributed by atoms with Crippen molar-refractivity contribution in [3.63, 3.8) is 0 Å². The van der Waals surface area contributed by atoms with Gasteiger partial charge in [-0.1, -0.05) is 0 Å². The van der Waals surface area contributed by atoms with E-state index in [2.05, 4.69) is 32.5 Å². The number of halogens is 1. The van der Waals surface area contributed by atoms with E-state index in [0.717, 1.165) is 51.5 Å². The van der Waals surface area contributed by atoms with E-state index in [1.165, 1.54) is 0 Å². The van der Waals surface area contributed by atoms with Crippen molar-refractivity contribution in [2.75, 3.05) is 46.3 Å². The molecule has 1 saturated heterocycles. The molecule has 0 aliphatic carbocycles. The summed E-state index contributed by atoms with van der Waals surface area (Å²) in [5.74, 6) is 1.84. The minimum Gasteiger partial charge on any atom is -0.356 e. The van der Waals surface area contributed by atoms with E-state index in [1.54, 1.807) is 0 Å². The van der Waals surface area contributed by atoms with E-state index in [9.17, 15) is 4.79 Å². The molecule has 0 atom stereocenters. The number of likely N-dealkylation sites (tertiary alicyclic amines) is 1. The zero-order valence-electron chi connectivity index (χ0n) is 14.9. The van der Waals surface area contributed by atoms with E-state index >= 15 is 0 Å². The Bertz CT molecular complexity index is 413. The van der Waals surface area contributed by atoms with E-state index in [1.807, 2.05) is 20.8 Å². The molecule has 2 rings (SSSR count). The van der Waals surface area contributed by atoms with Crippen LogP contribution in [0.5, 0.6) is 0 Å². The van der Waals surface area contributed by atoms with Gasteiger partial charge in [0.15, 0.2) is 5.96 Å². The molecule has 0 aromatic rings. The van der Waals surface area contributed by atoms with Gasteiger partial charge < -0.3 is 15.5 Å². The second-order valence-electron chi connectivity index (χ2n) is 7.53. The third-order valence-electron chi connectivity index (χ3n) is 4.20. The quantitative estimate of drug-likeness (QED) is 0.648. The maximum Gasteiger partial charge on any atom is 0.234 e. The van der Waals surface area contributed by atoms with Gasteiger partial charge in [0.25, 0.3) is 0 Å². The number of rotatable bonds is 4. The van der Waals surface area contributed by atoms with Gasteiger partial charge in [-0.15, -0.1) is 24.0 Å². The van der Waals surface area contributed by atoms with Gasteiger partial charge in [0.05, 0.1) is 13.1 Å². The maximum atomic E-state index is 12.0. The molecular formula is C16H32IN5O. The van der Waals surface area contributed by atoms with E-state index in [0.29, 0.717) is 12.5 Å². The minimum absolute atomic E-state index is 0. The lowest BCUT2D eigenvalue weighted by Gasteiger charge is -2.32. The first-order valence-electron chi connectivity index (χ1n) is 8.36. The monoisotopic (exact) mass is 437 g/mol. The molecule has 0 aromatic heterocycles. The van der Waals surface area contributed by atoms with Crippen molar-refractivity contribution >= 4 is 35.8 Å². The molecule has 1 amide bonds. The lowest BCUT2D eigenvalue weighted by atomic mass is 9.97. The largest absolute Gasteiger partial charge is 0.356 e. The van der Waals surface area contributed by atoms with Gasteiger partial charge in [-0.2, -0.15) is 0 Å². The highest BCUT2D eigenvalue weighted by molar-refractivity contribution is 14.0. The van der Waals surface area contributed by atoms with Gasteiger partial charge in [0.1, 0.15) is 0 Å². The molecule has 2 heterocycles. The molecular weight excluding hydrogens is 405 g/mol. The van der Waals surface area contributed by atoms with Gasteiger partial charge in [0, 0.05) is 25.7 Å². The minimum atomic E-state index is -0.145. The van der Waals surface area contributed by atoms with Crippen LogP contribution in [0.3, 0.4) is 0 Å². The van der Waals surface area contributed by atoms with Crippen LogP contribution in [0, 0.1) is 5.92 Å². The molecule has 1 fully saturated rings. The summed E-state index contributed by atoms with van der Waals surface area (Å²) in [4.78, 5) is 20.8. The average molecular weight is 437 g/mol. The summed E-state index contributed by atoms with van der Waals surface area (Å²) in [6.45, 7) is 11.5. The van der Waals surface area contributed by atoms with Gasteiger partial charge >= 0.3 is 0 Å². The topological polar surface area (TPSA) is 60.0 Å². The molecule has 23 heavy (non-hydrogen) atoms. The molecule has 2 N–H and O–H groups in total. The standard InChI is InChI=1S/C16H31N5O.HI/c1-16(2,3)19-14(22)12-21-8-5-13(6-9-21)11-18-15-17-7-10-20(15)4;/h13H,5-12H2,1-4H3,(H,17,18)(H,19,22);1H. The first kappa shape index (κ1) is 20.5. The molecule has 2 aliphatic heterocycles. The Hall–Kier alpha value is -0.570. The Morgan fingerprint density at radius 2 is 1.91 bits per heavy atom. The van der Waals surface area contributed by atoms with Crippen molar-refractivity contribution in [1.29, 1.82) is 0 Å². The molecule has 0 aromatic carbocycles. The molecule has 0 saturated carbocycles. The number of nitrogens with one attached hydrogen (secondary N) is 2. The number of aliphatic imine (C=N–C) groups is 1. The highest BCUT2D eigenvalue weighted by Gasteiger charge is 2.23. The third-order valence-corrected chi connectivity index (χ3v) is 4.20. The van der Waals surface area contributed by atoms with Crippen LogP contribution in [0.2, 0.25) is 0 Å². The third kappa shape index (κ3) is 7.24. The van der Waals surface area contributed by atoms with E-state index < -0.39 is 0 Å². The van der Waals surface area contributed by atoms with Crippen LogP contribution in [0.1, 0.15) is 33.6 Å². The lowest BCUT2D eigenvalue weighted by Crippen LogP contribution is -2.48. The number of carbonyl (C=O) groups is 1. The van der Waals surface area contributed by atoms with Crippen LogP contribution >= 0.6 is 24.0 Å². The summed E-state index contributed by atoms with van der Waals surface area (Å²) in [6, 6.07) is 0. The van der Waals surface area contributed by atoms with E-state index in [-0.39, 0.29) is 35.4 Å². The Morgan fingerprint density at radius 3 is 2.43 bits per heavy atom. The predicted molar refractivity (Wildman–Crippen MR) is 105 cm³/mol. The maximum absolute atomic E-state index is 12.0. The summed E-state index contributed by atoms with van der Waals surface area (Å²) < 4.78 is 0. The van der Waals surface area contributed by atoms with Crippen LogP contribution < -0.4 is 10.6 Å². The van der Waals surface area contributed by atoms with Crippen LogP contribution in [-0.4, -0.2) is 73.5 Å². The summed E-state index contributed by atoms with van der Waals surface area (Å²) >= 11 is 0. The van der Waals surface area contributed by atoms with Gasteiger partial charge in [-0.05, 0) is 52.6 Å². The number of amides is 1. The SMILES string of the molecule is CN1CCN=C1NCC1CCN(CC(=O)NC(C)(C)C)CC1.I. The summed E-state index contributed by atoms with van der Waals surface area (Å²) in [6.07, 6.45) is 2.29. The van der Waals surface area contributed by atoms with Crippen molar-refractivity contribution in [3.05, 3.63) is 0 Å². The first-order valence-corrected chi connectivity index (χ1v) is 8.36. The second kappa shape index (κ2) is 9.05. The highest BCUT2D eigenvalue weighted by atomic mass is 127. The predicted octanol–water partition coefficient (Wildman–Crippen LogP) is 1.12. The molecule has 0 radical (unpaired) electrons. The van der Waals surface area contributed by atoms with Crippen LogP contribution in [-0.2, 0) is 4.79 Å². The van der Waals surface area contributed by atoms with Gasteiger partial charge in [-0.3, -0.25) is 14.7 Å². The second-order valence-corrected chi connectivity index (χ2v) is 7.53. The molecule has 0 spiro atoms. The fourth-order valence-corrected chi connectivity index (χ4v) is 2.97. The van der Waals surface area contributed by atoms with Crippen molar-refractivity contribution in [3.8, 4) is 0 Å². The Kier molecular flexibility index (Phi) is 8.06. The van der Waals surface area contributed by atoms with Gasteiger partial charge in [0.2, 0.25) is 5.91 Å². The normalized spacial score (nSPS) is 20.0. The van der Waals surface area contributed by atoms with Gasteiger partial charge in [-0.25, -0.2) is 0 Å². The van der Waals surface area contributed by atoms with Crippen molar-refractivity contribution in [2.24, 2.45) is 10.9 Å². The Balaban J connectivity index is 0.00000264. The summed E-state index contributed by atoms with van der Waals surface area (Å²) in [5.41, 5.74) is -0.145. The van der Waals surface area contributed by atoms with Crippen molar-refractivity contribution in [1.82, 2.24) is 20.4 Å². The zero-order chi connectivity index (χ0) is 16.2. The number of guanidine groups is 1. The fourth-order valence-electron chi connectivity index (χ4n) is 2.97. The van der Waals surface area contributed by atoms with E-state index in [4.69, 9.17) is 0 Å². The van der Waals surface area contributed by atoms with Crippen molar-refractivity contribution < 1.29 is 4.79 Å². The number of carbonyl (C=O) groups excluding carboxylic acids is 1. The number of likely N-dealkylation sites (N-methyl/N-ethyl adjacent to an activating group) is 1. The van der Waals surface area contributed by atoms with Crippen LogP contribution in [0.4, 0.5) is 0 Å². The number of nitrogens with zero attached hydrogens (tertiary/aromatic N) is 3. The zero-order valence-corrected chi connectivity index (χ0v) is 17.2. The molecule has 6 nitrogen and oxygen atoms in total. The number of hydrogen-bond acceptors (Lipinski definition) is 5. The molecule has 0 unspecified atom stereocenters.